The molecule has 2 nitrogen and oxygen atoms in total. The molecule has 0 aromatic heterocycles. The SMILES string of the molecule is Oc1ccc(C2=CCC(C3(C4CC=C(c5ccc(O)cc5)CC4)CCCCC3)CC2)cc1. The summed E-state index contributed by atoms with van der Waals surface area (Å²) in [7, 11) is 0. The van der Waals surface area contributed by atoms with Crippen molar-refractivity contribution in [1.82, 2.24) is 0 Å². The predicted octanol–water partition coefficient (Wildman–Crippen LogP) is 8.12. The molecule has 1 fully saturated rings. The van der Waals surface area contributed by atoms with Gasteiger partial charge in [-0.15, -0.1) is 0 Å². The zero-order valence-corrected chi connectivity index (χ0v) is 19.1. The maximum atomic E-state index is 9.61. The Morgan fingerprint density at radius 3 is 1.41 bits per heavy atom. The second-order valence-corrected chi connectivity index (χ2v) is 10.3. The van der Waals surface area contributed by atoms with E-state index >= 15 is 0 Å². The highest BCUT2D eigenvalue weighted by atomic mass is 16.3. The lowest BCUT2D eigenvalue weighted by Crippen LogP contribution is -2.41. The highest BCUT2D eigenvalue weighted by molar-refractivity contribution is 5.67. The third-order valence-corrected chi connectivity index (χ3v) is 8.71. The molecule has 2 heteroatoms. The first-order chi connectivity index (χ1) is 15.6. The van der Waals surface area contributed by atoms with Crippen molar-refractivity contribution in [3.63, 3.8) is 0 Å². The minimum absolute atomic E-state index is 0.348. The number of phenolic OH excluding ortho intramolecular Hbond substituents is 2. The fourth-order valence-electron chi connectivity index (χ4n) is 6.95. The predicted molar refractivity (Wildman–Crippen MR) is 132 cm³/mol. The van der Waals surface area contributed by atoms with Gasteiger partial charge in [0.15, 0.2) is 0 Å². The van der Waals surface area contributed by atoms with Gasteiger partial charge >= 0.3 is 0 Å². The molecule has 32 heavy (non-hydrogen) atoms. The first-order valence-corrected chi connectivity index (χ1v) is 12.6. The number of aromatic hydroxyl groups is 2. The highest BCUT2D eigenvalue weighted by Gasteiger charge is 2.45. The number of allylic oxidation sites excluding steroid dienone is 4. The van der Waals surface area contributed by atoms with E-state index in [2.05, 4.69) is 36.4 Å². The van der Waals surface area contributed by atoms with Crippen molar-refractivity contribution in [1.29, 1.82) is 0 Å². The van der Waals surface area contributed by atoms with Gasteiger partial charge in [0.05, 0.1) is 0 Å². The summed E-state index contributed by atoms with van der Waals surface area (Å²) in [6.45, 7) is 0. The topological polar surface area (TPSA) is 40.5 Å². The van der Waals surface area contributed by atoms with Crippen molar-refractivity contribution in [2.45, 2.75) is 70.6 Å². The zero-order chi connectivity index (χ0) is 22.0. The van der Waals surface area contributed by atoms with Crippen LogP contribution in [0.5, 0.6) is 11.5 Å². The Morgan fingerprint density at radius 1 is 0.594 bits per heavy atom. The standard InChI is InChI=1S/C30H36O2/c31-28-16-8-24(9-17-28)22-4-12-26(13-5-22)30(20-2-1-3-21-30)27-14-6-23(7-15-27)25-10-18-29(32)19-11-25/h4,6,8-11,16-19,26-27,31-32H,1-3,5,7,12-15,20-21H2. The van der Waals surface area contributed by atoms with E-state index in [9.17, 15) is 10.2 Å². The van der Waals surface area contributed by atoms with Crippen LogP contribution >= 0.6 is 0 Å². The fraction of sp³-hybridized carbons (Fsp3) is 0.467. The van der Waals surface area contributed by atoms with E-state index < -0.39 is 0 Å². The van der Waals surface area contributed by atoms with E-state index in [4.69, 9.17) is 0 Å². The third-order valence-electron chi connectivity index (χ3n) is 8.71. The van der Waals surface area contributed by atoms with Gasteiger partial charge < -0.3 is 10.2 Å². The zero-order valence-electron chi connectivity index (χ0n) is 19.1. The smallest absolute Gasteiger partial charge is 0.115 e. The number of phenols is 2. The van der Waals surface area contributed by atoms with Crippen LogP contribution in [0.2, 0.25) is 0 Å². The maximum Gasteiger partial charge on any atom is 0.115 e. The quantitative estimate of drug-likeness (QED) is 0.516. The summed E-state index contributed by atoms with van der Waals surface area (Å²) in [4.78, 5) is 0. The monoisotopic (exact) mass is 428 g/mol. The molecule has 0 heterocycles. The molecule has 0 spiro atoms. The molecule has 2 unspecified atom stereocenters. The molecule has 5 rings (SSSR count). The summed E-state index contributed by atoms with van der Waals surface area (Å²) in [5.74, 6) is 2.30. The average Bonchev–Trinajstić information content (AvgIpc) is 2.86. The van der Waals surface area contributed by atoms with E-state index in [0.717, 1.165) is 11.8 Å². The van der Waals surface area contributed by atoms with Crippen molar-refractivity contribution in [2.75, 3.05) is 0 Å². The molecule has 2 atom stereocenters. The third kappa shape index (κ3) is 4.25. The number of hydrogen-bond donors (Lipinski definition) is 2. The normalized spacial score (nSPS) is 25.6. The van der Waals surface area contributed by atoms with Crippen LogP contribution < -0.4 is 0 Å². The minimum atomic E-state index is 0.348. The van der Waals surface area contributed by atoms with Gasteiger partial charge in [0.2, 0.25) is 0 Å². The summed E-state index contributed by atoms with van der Waals surface area (Å²) >= 11 is 0. The van der Waals surface area contributed by atoms with Gasteiger partial charge in [-0.25, -0.2) is 0 Å². The summed E-state index contributed by atoms with van der Waals surface area (Å²) in [6, 6.07) is 15.5. The maximum absolute atomic E-state index is 9.61. The Labute approximate surface area is 192 Å². The van der Waals surface area contributed by atoms with Crippen LogP contribution in [0.3, 0.4) is 0 Å². The van der Waals surface area contributed by atoms with Crippen molar-refractivity contribution >= 4 is 11.1 Å². The molecule has 2 N–H and O–H groups in total. The molecule has 0 saturated heterocycles. The molecule has 3 aliphatic rings. The molecule has 0 amide bonds. The molecular weight excluding hydrogens is 392 g/mol. The van der Waals surface area contributed by atoms with Crippen LogP contribution in [-0.2, 0) is 0 Å². The first kappa shape index (κ1) is 21.4. The van der Waals surface area contributed by atoms with Crippen LogP contribution in [0.1, 0.15) is 81.8 Å². The van der Waals surface area contributed by atoms with Crippen LogP contribution in [0.4, 0.5) is 0 Å². The molecule has 2 aromatic carbocycles. The van der Waals surface area contributed by atoms with Gasteiger partial charge in [0.25, 0.3) is 0 Å². The van der Waals surface area contributed by atoms with Crippen molar-refractivity contribution in [2.24, 2.45) is 17.3 Å². The van der Waals surface area contributed by atoms with Crippen LogP contribution in [0, 0.1) is 17.3 Å². The molecule has 2 aromatic rings. The Morgan fingerprint density at radius 2 is 1.03 bits per heavy atom. The Hall–Kier alpha value is -2.48. The molecular formula is C30H36O2. The molecule has 0 radical (unpaired) electrons. The number of hydrogen-bond acceptors (Lipinski definition) is 2. The molecule has 3 aliphatic carbocycles. The second-order valence-electron chi connectivity index (χ2n) is 10.3. The Kier molecular flexibility index (Phi) is 6.13. The van der Waals surface area contributed by atoms with E-state index in [1.165, 1.54) is 92.9 Å². The van der Waals surface area contributed by atoms with E-state index in [1.54, 1.807) is 0 Å². The van der Waals surface area contributed by atoms with Crippen LogP contribution in [0.25, 0.3) is 11.1 Å². The van der Waals surface area contributed by atoms with E-state index in [-0.39, 0.29) is 0 Å². The summed E-state index contributed by atoms with van der Waals surface area (Å²) in [6.07, 6.45) is 19.4. The van der Waals surface area contributed by atoms with Gasteiger partial charge in [-0.2, -0.15) is 0 Å². The van der Waals surface area contributed by atoms with Gasteiger partial charge in [0, 0.05) is 0 Å². The van der Waals surface area contributed by atoms with Crippen LogP contribution in [0.15, 0.2) is 60.7 Å². The lowest BCUT2D eigenvalue weighted by molar-refractivity contribution is 0.0142. The molecule has 0 bridgehead atoms. The number of rotatable bonds is 4. The van der Waals surface area contributed by atoms with Crippen molar-refractivity contribution in [3.8, 4) is 11.5 Å². The Bertz CT molecular complexity index is 899. The largest absolute Gasteiger partial charge is 0.508 e. The van der Waals surface area contributed by atoms with Gasteiger partial charge in [-0.1, -0.05) is 55.7 Å². The van der Waals surface area contributed by atoms with Crippen molar-refractivity contribution in [3.05, 3.63) is 71.8 Å². The second kappa shape index (κ2) is 9.17. The summed E-state index contributed by atoms with van der Waals surface area (Å²) in [5.41, 5.74) is 5.98. The molecule has 1 saturated carbocycles. The summed E-state index contributed by atoms with van der Waals surface area (Å²) in [5, 5.41) is 19.2. The van der Waals surface area contributed by atoms with Gasteiger partial charge in [0.1, 0.15) is 11.5 Å². The molecule has 0 aliphatic heterocycles. The fourth-order valence-corrected chi connectivity index (χ4v) is 6.95. The summed E-state index contributed by atoms with van der Waals surface area (Å²) < 4.78 is 0. The number of benzene rings is 2. The lowest BCUT2D eigenvalue weighted by Gasteiger charge is -2.51. The highest BCUT2D eigenvalue weighted by Crippen LogP contribution is 2.56. The van der Waals surface area contributed by atoms with Gasteiger partial charge in [-0.05, 0) is 115 Å². The first-order valence-electron chi connectivity index (χ1n) is 12.6. The van der Waals surface area contributed by atoms with E-state index in [0.29, 0.717) is 16.9 Å². The molecule has 168 valence electrons. The lowest BCUT2D eigenvalue weighted by atomic mass is 9.54. The van der Waals surface area contributed by atoms with E-state index in [1.807, 2.05) is 24.3 Å². The van der Waals surface area contributed by atoms with Crippen molar-refractivity contribution < 1.29 is 10.2 Å². The van der Waals surface area contributed by atoms with Gasteiger partial charge in [-0.3, -0.25) is 0 Å². The Balaban J connectivity index is 1.33. The average molecular weight is 429 g/mol. The minimum Gasteiger partial charge on any atom is -0.508 e. The van der Waals surface area contributed by atoms with Crippen LogP contribution in [-0.4, -0.2) is 10.2 Å².